The highest BCUT2D eigenvalue weighted by Crippen LogP contribution is 2.63. The zero-order valence-electron chi connectivity index (χ0n) is 27.5. The molecular formula is C48H29NS2. The van der Waals surface area contributed by atoms with Crippen LogP contribution in [0.25, 0.3) is 64.9 Å². The Hall–Kier alpha value is -5.74. The fourth-order valence-electron chi connectivity index (χ4n) is 8.57. The highest BCUT2D eigenvalue weighted by atomic mass is 32.2. The fourth-order valence-corrected chi connectivity index (χ4v) is 11.1. The zero-order valence-corrected chi connectivity index (χ0v) is 29.1. The molecule has 1 aliphatic carbocycles. The van der Waals surface area contributed by atoms with E-state index >= 15 is 0 Å². The average molecular weight is 684 g/mol. The lowest BCUT2D eigenvalue weighted by Crippen LogP contribution is -2.31. The Labute approximate surface area is 304 Å². The second-order valence-electron chi connectivity index (χ2n) is 13.4. The molecule has 9 aromatic rings. The van der Waals surface area contributed by atoms with Crippen molar-refractivity contribution < 1.29 is 0 Å². The number of aromatic nitrogens is 1. The molecule has 0 amide bonds. The van der Waals surface area contributed by atoms with Crippen molar-refractivity contribution in [3.8, 4) is 44.8 Å². The third-order valence-electron chi connectivity index (χ3n) is 10.7. The Morgan fingerprint density at radius 3 is 1.73 bits per heavy atom. The number of hydrogen-bond donors (Lipinski definition) is 0. The highest BCUT2D eigenvalue weighted by molar-refractivity contribution is 7.99. The molecule has 2 aliphatic rings. The first-order valence-electron chi connectivity index (χ1n) is 17.4. The number of benzene rings is 7. The molecule has 0 bridgehead atoms. The van der Waals surface area contributed by atoms with Gasteiger partial charge in [-0.05, 0) is 80.9 Å². The summed E-state index contributed by atoms with van der Waals surface area (Å²) in [7, 11) is 0. The quantitative estimate of drug-likeness (QED) is 0.184. The predicted octanol–water partition coefficient (Wildman–Crippen LogP) is 13.3. The van der Waals surface area contributed by atoms with Gasteiger partial charge in [0.15, 0.2) is 0 Å². The number of rotatable bonds is 3. The van der Waals surface area contributed by atoms with E-state index in [4.69, 9.17) is 4.98 Å². The van der Waals surface area contributed by atoms with Gasteiger partial charge in [0.1, 0.15) is 0 Å². The molecule has 0 atom stereocenters. The summed E-state index contributed by atoms with van der Waals surface area (Å²) in [6.07, 6.45) is 0. The molecule has 1 spiro atoms. The van der Waals surface area contributed by atoms with Gasteiger partial charge < -0.3 is 0 Å². The molecule has 11 rings (SSSR count). The summed E-state index contributed by atoms with van der Waals surface area (Å²) < 4.78 is 2.61. The van der Waals surface area contributed by atoms with E-state index in [0.29, 0.717) is 0 Å². The van der Waals surface area contributed by atoms with Gasteiger partial charge in [0.05, 0.1) is 16.8 Å². The molecule has 51 heavy (non-hydrogen) atoms. The maximum atomic E-state index is 5.29. The minimum absolute atomic E-state index is 0.388. The Morgan fingerprint density at radius 2 is 1.00 bits per heavy atom. The third-order valence-corrected chi connectivity index (χ3v) is 13.1. The first kappa shape index (κ1) is 29.0. The van der Waals surface area contributed by atoms with Gasteiger partial charge in [-0.15, -0.1) is 11.3 Å². The van der Waals surface area contributed by atoms with Crippen LogP contribution < -0.4 is 0 Å². The minimum Gasteiger partial charge on any atom is -0.248 e. The van der Waals surface area contributed by atoms with Crippen molar-refractivity contribution in [2.24, 2.45) is 0 Å². The molecule has 1 nitrogen and oxygen atoms in total. The van der Waals surface area contributed by atoms with E-state index in [1.54, 1.807) is 0 Å². The lowest BCUT2D eigenvalue weighted by atomic mass is 9.67. The van der Waals surface area contributed by atoms with Crippen molar-refractivity contribution in [2.45, 2.75) is 15.2 Å². The lowest BCUT2D eigenvalue weighted by molar-refractivity contribution is 0.726. The molecule has 2 aromatic heterocycles. The van der Waals surface area contributed by atoms with Gasteiger partial charge in [-0.3, -0.25) is 0 Å². The monoisotopic (exact) mass is 683 g/mol. The van der Waals surface area contributed by atoms with Gasteiger partial charge in [-0.2, -0.15) is 0 Å². The standard InChI is InChI=1S/C48H29NS2/c1-3-13-30(14-4-1)33-28-41(31-15-5-2-6-16-31)49-42(29-33)32-23-25-43-36(27-32)46-45(50-43)26-24-40-47(46)51-44-22-12-11-21-39(44)48(40)37-19-9-7-17-34(37)35-18-8-10-20-38(35)48/h1-29H. The number of nitrogens with zero attached hydrogens (tertiary/aromatic N) is 1. The van der Waals surface area contributed by atoms with Gasteiger partial charge >= 0.3 is 0 Å². The molecule has 7 aromatic carbocycles. The van der Waals surface area contributed by atoms with E-state index in [0.717, 1.165) is 22.5 Å². The lowest BCUT2D eigenvalue weighted by Gasteiger charge is -2.40. The molecule has 0 radical (unpaired) electrons. The Kier molecular flexibility index (Phi) is 6.34. The van der Waals surface area contributed by atoms with E-state index < -0.39 is 0 Å². The smallest absolute Gasteiger partial charge is 0.0735 e. The van der Waals surface area contributed by atoms with Crippen LogP contribution in [0.15, 0.2) is 186 Å². The molecule has 0 N–H and O–H groups in total. The summed E-state index contributed by atoms with van der Waals surface area (Å²) >= 11 is 3.82. The van der Waals surface area contributed by atoms with Crippen LogP contribution in [0, 0.1) is 0 Å². The van der Waals surface area contributed by atoms with Crippen LogP contribution in [0.1, 0.15) is 22.3 Å². The Balaban J connectivity index is 1.18. The summed E-state index contributed by atoms with van der Waals surface area (Å²) in [5.74, 6) is 0. The molecule has 0 fully saturated rings. The van der Waals surface area contributed by atoms with Crippen LogP contribution in [0.2, 0.25) is 0 Å². The van der Waals surface area contributed by atoms with Crippen molar-refractivity contribution in [3.05, 3.63) is 198 Å². The van der Waals surface area contributed by atoms with Crippen LogP contribution in [0.4, 0.5) is 0 Å². The second kappa shape index (κ2) is 11.1. The first-order chi connectivity index (χ1) is 25.3. The summed E-state index contributed by atoms with van der Waals surface area (Å²) in [5, 5.41) is 2.64. The predicted molar refractivity (Wildman–Crippen MR) is 215 cm³/mol. The van der Waals surface area contributed by atoms with E-state index in [1.165, 1.54) is 74.5 Å². The molecule has 1 aliphatic heterocycles. The van der Waals surface area contributed by atoms with Crippen LogP contribution in [0.3, 0.4) is 0 Å². The van der Waals surface area contributed by atoms with E-state index in [-0.39, 0.29) is 5.41 Å². The SMILES string of the molecule is c1ccc(-c2cc(-c3ccccc3)nc(-c3ccc4sc5ccc6c(c5c4c3)Sc3ccccc3C63c4ccccc4-c4ccccc43)c2)cc1. The molecule has 0 saturated carbocycles. The molecule has 238 valence electrons. The topological polar surface area (TPSA) is 12.9 Å². The second-order valence-corrected chi connectivity index (χ2v) is 15.6. The van der Waals surface area contributed by atoms with Crippen LogP contribution >= 0.6 is 23.1 Å². The van der Waals surface area contributed by atoms with Crippen molar-refractivity contribution in [1.29, 1.82) is 0 Å². The maximum absolute atomic E-state index is 5.29. The number of fused-ring (bicyclic) bond motifs is 13. The number of pyridine rings is 1. The summed E-state index contributed by atoms with van der Waals surface area (Å²) in [6, 6.07) is 64.6. The van der Waals surface area contributed by atoms with Gasteiger partial charge in [0.2, 0.25) is 0 Å². The molecule has 3 heteroatoms. The molecule has 3 heterocycles. The van der Waals surface area contributed by atoms with E-state index in [1.807, 2.05) is 23.1 Å². The van der Waals surface area contributed by atoms with Crippen molar-refractivity contribution in [1.82, 2.24) is 4.98 Å². The summed E-state index contributed by atoms with van der Waals surface area (Å²) in [4.78, 5) is 7.98. The Bertz CT molecular complexity index is 2730. The Morgan fingerprint density at radius 1 is 0.412 bits per heavy atom. The van der Waals surface area contributed by atoms with Gasteiger partial charge in [-0.25, -0.2) is 4.98 Å². The van der Waals surface area contributed by atoms with Gasteiger partial charge in [0, 0.05) is 41.1 Å². The zero-order chi connectivity index (χ0) is 33.5. The minimum atomic E-state index is -0.388. The fraction of sp³-hybridized carbons (Fsp3) is 0.0208. The molecule has 0 unspecified atom stereocenters. The molecule has 0 saturated heterocycles. The van der Waals surface area contributed by atoms with Crippen LogP contribution in [-0.2, 0) is 5.41 Å². The van der Waals surface area contributed by atoms with E-state index in [9.17, 15) is 0 Å². The van der Waals surface area contributed by atoms with Gasteiger partial charge in [-0.1, -0.05) is 151 Å². The van der Waals surface area contributed by atoms with Crippen molar-refractivity contribution >= 4 is 43.3 Å². The number of thiophene rings is 1. The summed E-state index contributed by atoms with van der Waals surface area (Å²) in [5.41, 5.74) is 14.3. The normalized spacial score (nSPS) is 13.6. The van der Waals surface area contributed by atoms with Crippen molar-refractivity contribution in [3.63, 3.8) is 0 Å². The third kappa shape index (κ3) is 4.20. The molecular weight excluding hydrogens is 655 g/mol. The largest absolute Gasteiger partial charge is 0.248 e. The van der Waals surface area contributed by atoms with Crippen LogP contribution in [0.5, 0.6) is 0 Å². The van der Waals surface area contributed by atoms with E-state index in [2.05, 4.69) is 176 Å². The highest BCUT2D eigenvalue weighted by Gasteiger charge is 2.50. The van der Waals surface area contributed by atoms with Crippen LogP contribution in [-0.4, -0.2) is 4.98 Å². The average Bonchev–Trinajstić information content (AvgIpc) is 3.73. The number of hydrogen-bond acceptors (Lipinski definition) is 3. The summed E-state index contributed by atoms with van der Waals surface area (Å²) in [6.45, 7) is 0. The maximum Gasteiger partial charge on any atom is 0.0735 e. The van der Waals surface area contributed by atoms with Crippen molar-refractivity contribution in [2.75, 3.05) is 0 Å². The first-order valence-corrected chi connectivity index (χ1v) is 19.0. The van der Waals surface area contributed by atoms with Gasteiger partial charge in [0.25, 0.3) is 0 Å².